The van der Waals surface area contributed by atoms with Gasteiger partial charge in [0.1, 0.15) is 4.60 Å². The number of hydrogen-bond acceptors (Lipinski definition) is 4. The van der Waals surface area contributed by atoms with Crippen molar-refractivity contribution < 1.29 is 9.53 Å². The molecule has 0 atom stereocenters. The third-order valence-corrected chi connectivity index (χ3v) is 4.09. The van der Waals surface area contributed by atoms with Crippen LogP contribution < -0.4 is 10.1 Å². The Hall–Kier alpha value is -2.67. The van der Waals surface area contributed by atoms with Gasteiger partial charge in [-0.3, -0.25) is 4.79 Å². The van der Waals surface area contributed by atoms with Crippen molar-refractivity contribution in [2.24, 2.45) is 0 Å². The zero-order valence-electron chi connectivity index (χ0n) is 13.2. The van der Waals surface area contributed by atoms with Gasteiger partial charge < -0.3 is 10.1 Å². The average molecular weight is 387 g/mol. The molecular weight excluding hydrogens is 372 g/mol. The minimum atomic E-state index is -0.262. The highest BCUT2D eigenvalue weighted by atomic mass is 79.9. The fourth-order valence-corrected chi connectivity index (χ4v) is 2.62. The minimum absolute atomic E-state index is 0.262. The van der Waals surface area contributed by atoms with Gasteiger partial charge in [-0.1, -0.05) is 18.2 Å². The number of hydrogen-bond donors (Lipinski definition) is 1. The highest BCUT2D eigenvalue weighted by molar-refractivity contribution is 9.10. The average Bonchev–Trinajstić information content (AvgIpc) is 3.07. The van der Waals surface area contributed by atoms with E-state index in [1.54, 1.807) is 23.0 Å². The number of anilines is 1. The number of benzene rings is 1. The van der Waals surface area contributed by atoms with Gasteiger partial charge in [0.25, 0.3) is 5.91 Å². The number of nitrogens with one attached hydrogen (secondary N) is 1. The molecule has 0 aliphatic carbocycles. The summed E-state index contributed by atoms with van der Waals surface area (Å²) < 4.78 is 7.22. The van der Waals surface area contributed by atoms with E-state index in [0.29, 0.717) is 21.7 Å². The van der Waals surface area contributed by atoms with E-state index >= 15 is 0 Å². The number of aryl methyl sites for hydroxylation is 1. The summed E-state index contributed by atoms with van der Waals surface area (Å²) in [7, 11) is 1.53. The molecular formula is C17H15BrN4O2. The molecule has 3 rings (SSSR count). The molecule has 6 nitrogen and oxygen atoms in total. The second-order valence-electron chi connectivity index (χ2n) is 5.11. The van der Waals surface area contributed by atoms with Crippen LogP contribution in [0.4, 0.5) is 5.69 Å². The van der Waals surface area contributed by atoms with Crippen LogP contribution in [-0.4, -0.2) is 27.8 Å². The maximum absolute atomic E-state index is 12.4. The highest BCUT2D eigenvalue weighted by Crippen LogP contribution is 2.23. The van der Waals surface area contributed by atoms with Gasteiger partial charge >= 0.3 is 0 Å². The number of para-hydroxylation sites is 1. The lowest BCUT2D eigenvalue weighted by Gasteiger charge is -2.07. The monoisotopic (exact) mass is 386 g/mol. The minimum Gasteiger partial charge on any atom is -0.481 e. The number of aromatic nitrogens is 3. The Bertz CT molecular complexity index is 892. The van der Waals surface area contributed by atoms with Crippen LogP contribution in [0.25, 0.3) is 5.69 Å². The molecule has 1 amide bonds. The molecule has 0 saturated heterocycles. The van der Waals surface area contributed by atoms with Crippen molar-refractivity contribution >= 4 is 27.5 Å². The van der Waals surface area contributed by atoms with Gasteiger partial charge in [0.2, 0.25) is 5.88 Å². The summed E-state index contributed by atoms with van der Waals surface area (Å²) in [6.07, 6.45) is 3.23. The lowest BCUT2D eigenvalue weighted by atomic mass is 10.2. The standard InChI is InChI=1S/C17H15BrN4O2/c1-11-5-3-4-6-14(11)22-10-12(9-19-22)17(23)20-13-7-8-15(24-2)21-16(13)18/h3-10H,1-2H3,(H,20,23). The molecule has 0 fully saturated rings. The normalized spacial score (nSPS) is 10.5. The Morgan fingerprint density at radius 2 is 2.04 bits per heavy atom. The van der Waals surface area contributed by atoms with Gasteiger partial charge in [0.05, 0.1) is 30.2 Å². The lowest BCUT2D eigenvalue weighted by molar-refractivity contribution is 0.102. The van der Waals surface area contributed by atoms with Crippen LogP contribution >= 0.6 is 15.9 Å². The predicted molar refractivity (Wildman–Crippen MR) is 94.7 cm³/mol. The molecule has 0 spiro atoms. The molecule has 0 saturated carbocycles. The summed E-state index contributed by atoms with van der Waals surface area (Å²) in [5, 5.41) is 7.07. The fraction of sp³-hybridized carbons (Fsp3) is 0.118. The molecule has 1 aromatic carbocycles. The Morgan fingerprint density at radius 3 is 2.75 bits per heavy atom. The van der Waals surface area contributed by atoms with E-state index in [9.17, 15) is 4.79 Å². The molecule has 24 heavy (non-hydrogen) atoms. The van der Waals surface area contributed by atoms with Gasteiger partial charge in [0.15, 0.2) is 0 Å². The van der Waals surface area contributed by atoms with Gasteiger partial charge in [-0.05, 0) is 40.5 Å². The number of halogens is 1. The Morgan fingerprint density at radius 1 is 1.25 bits per heavy atom. The van der Waals surface area contributed by atoms with Crippen molar-refractivity contribution in [2.75, 3.05) is 12.4 Å². The first-order valence-corrected chi connectivity index (χ1v) is 8.00. The summed E-state index contributed by atoms with van der Waals surface area (Å²) in [5.74, 6) is 0.203. The number of methoxy groups -OCH3 is 1. The molecule has 2 heterocycles. The summed E-state index contributed by atoms with van der Waals surface area (Å²) in [6.45, 7) is 2.00. The summed E-state index contributed by atoms with van der Waals surface area (Å²) in [4.78, 5) is 16.6. The van der Waals surface area contributed by atoms with Crippen LogP contribution in [-0.2, 0) is 0 Å². The summed E-state index contributed by atoms with van der Waals surface area (Å²) in [5.41, 5.74) is 3.03. The molecule has 0 unspecified atom stereocenters. The fourth-order valence-electron chi connectivity index (χ4n) is 2.21. The Kier molecular flexibility index (Phi) is 4.61. The number of carbonyl (C=O) groups is 1. The quantitative estimate of drug-likeness (QED) is 0.695. The van der Waals surface area contributed by atoms with E-state index in [1.165, 1.54) is 13.3 Å². The number of carbonyl (C=O) groups excluding carboxylic acids is 1. The molecule has 0 aliphatic heterocycles. The van der Waals surface area contributed by atoms with E-state index in [0.717, 1.165) is 11.3 Å². The van der Waals surface area contributed by atoms with Crippen molar-refractivity contribution in [3.63, 3.8) is 0 Å². The SMILES string of the molecule is COc1ccc(NC(=O)c2cnn(-c3ccccc3C)c2)c(Br)n1. The third kappa shape index (κ3) is 3.30. The summed E-state index contributed by atoms with van der Waals surface area (Å²) in [6, 6.07) is 11.2. The highest BCUT2D eigenvalue weighted by Gasteiger charge is 2.13. The molecule has 0 radical (unpaired) electrons. The van der Waals surface area contributed by atoms with Crippen molar-refractivity contribution in [2.45, 2.75) is 6.92 Å². The maximum Gasteiger partial charge on any atom is 0.258 e. The Labute approximate surface area is 147 Å². The molecule has 3 aromatic rings. The van der Waals surface area contributed by atoms with Crippen LogP contribution in [0.1, 0.15) is 15.9 Å². The van der Waals surface area contributed by atoms with Crippen LogP contribution in [0, 0.1) is 6.92 Å². The maximum atomic E-state index is 12.4. The Balaban J connectivity index is 1.81. The first-order chi connectivity index (χ1) is 11.6. The van der Waals surface area contributed by atoms with E-state index in [4.69, 9.17) is 4.74 Å². The number of rotatable bonds is 4. The van der Waals surface area contributed by atoms with Crippen LogP contribution in [0.3, 0.4) is 0 Å². The molecule has 2 aromatic heterocycles. The number of nitrogens with zero attached hydrogens (tertiary/aromatic N) is 3. The zero-order chi connectivity index (χ0) is 17.1. The van der Waals surface area contributed by atoms with Gasteiger partial charge in [0, 0.05) is 12.3 Å². The second kappa shape index (κ2) is 6.84. The van der Waals surface area contributed by atoms with E-state index < -0.39 is 0 Å². The molecule has 0 bridgehead atoms. The largest absolute Gasteiger partial charge is 0.481 e. The van der Waals surface area contributed by atoms with Gasteiger partial charge in [-0.25, -0.2) is 9.67 Å². The molecule has 0 aliphatic rings. The van der Waals surface area contributed by atoms with E-state index in [1.807, 2.05) is 31.2 Å². The van der Waals surface area contributed by atoms with Gasteiger partial charge in [-0.15, -0.1) is 0 Å². The topological polar surface area (TPSA) is 69.0 Å². The second-order valence-corrected chi connectivity index (χ2v) is 5.86. The van der Waals surface area contributed by atoms with Crippen LogP contribution in [0.15, 0.2) is 53.4 Å². The number of ether oxygens (including phenoxy) is 1. The zero-order valence-corrected chi connectivity index (χ0v) is 14.7. The predicted octanol–water partition coefficient (Wildman–Crippen LogP) is 3.60. The number of amides is 1. The van der Waals surface area contributed by atoms with E-state index in [2.05, 4.69) is 31.3 Å². The van der Waals surface area contributed by atoms with Crippen LogP contribution in [0.2, 0.25) is 0 Å². The van der Waals surface area contributed by atoms with Crippen molar-refractivity contribution in [1.29, 1.82) is 0 Å². The molecule has 1 N–H and O–H groups in total. The van der Waals surface area contributed by atoms with Crippen molar-refractivity contribution in [1.82, 2.24) is 14.8 Å². The first-order valence-electron chi connectivity index (χ1n) is 7.21. The molecule has 7 heteroatoms. The van der Waals surface area contributed by atoms with Gasteiger partial charge in [-0.2, -0.15) is 5.10 Å². The lowest BCUT2D eigenvalue weighted by Crippen LogP contribution is -2.12. The van der Waals surface area contributed by atoms with E-state index in [-0.39, 0.29) is 5.91 Å². The number of pyridine rings is 1. The van der Waals surface area contributed by atoms with Crippen molar-refractivity contribution in [3.05, 3.63) is 64.5 Å². The third-order valence-electron chi connectivity index (χ3n) is 3.49. The van der Waals surface area contributed by atoms with Crippen molar-refractivity contribution in [3.8, 4) is 11.6 Å². The molecule has 122 valence electrons. The smallest absolute Gasteiger partial charge is 0.258 e. The van der Waals surface area contributed by atoms with Crippen LogP contribution in [0.5, 0.6) is 5.88 Å². The summed E-state index contributed by atoms with van der Waals surface area (Å²) >= 11 is 3.31. The first kappa shape index (κ1) is 16.2.